The molecule has 0 aliphatic carbocycles. The van der Waals surface area contributed by atoms with Gasteiger partial charge in [0.2, 0.25) is 0 Å². The maximum Gasteiger partial charge on any atom is 0.312 e. The Morgan fingerprint density at radius 1 is 1.09 bits per heavy atom. The zero-order chi connectivity index (χ0) is 16.1. The zero-order valence-corrected chi connectivity index (χ0v) is 12.9. The lowest BCUT2D eigenvalue weighted by atomic mass is 10.1. The van der Waals surface area contributed by atoms with Crippen molar-refractivity contribution in [2.45, 2.75) is 13.8 Å². The molecule has 118 valence electrons. The van der Waals surface area contributed by atoms with Crippen LogP contribution in [0.25, 0.3) is 0 Å². The molecular formula is C16H20N2O4. The zero-order valence-electron chi connectivity index (χ0n) is 12.9. The highest BCUT2D eigenvalue weighted by Crippen LogP contribution is 2.13. The van der Waals surface area contributed by atoms with Gasteiger partial charge in [-0.1, -0.05) is 0 Å². The highest BCUT2D eigenvalue weighted by Gasteiger charge is 2.31. The second-order valence-corrected chi connectivity index (χ2v) is 5.11. The van der Waals surface area contributed by atoms with Gasteiger partial charge in [-0.05, 0) is 38.1 Å². The summed E-state index contributed by atoms with van der Waals surface area (Å²) >= 11 is 0. The van der Waals surface area contributed by atoms with Crippen LogP contribution in [0.15, 0.2) is 24.3 Å². The molecule has 1 aliphatic heterocycles. The number of hydrogen-bond acceptors (Lipinski definition) is 4. The molecule has 6 heteroatoms. The highest BCUT2D eigenvalue weighted by molar-refractivity contribution is 6.35. The molecular weight excluding hydrogens is 284 g/mol. The number of ketones is 1. The number of carbonyl (C=O) groups is 3. The van der Waals surface area contributed by atoms with E-state index >= 15 is 0 Å². The Labute approximate surface area is 129 Å². The predicted molar refractivity (Wildman–Crippen MR) is 80.8 cm³/mol. The van der Waals surface area contributed by atoms with Crippen LogP contribution in [0, 0.1) is 0 Å². The van der Waals surface area contributed by atoms with Gasteiger partial charge < -0.3 is 14.5 Å². The minimum Gasteiger partial charge on any atom is -0.492 e. The minimum absolute atomic E-state index is 0.00412. The summed E-state index contributed by atoms with van der Waals surface area (Å²) in [4.78, 5) is 37.9. The van der Waals surface area contributed by atoms with Crippen molar-refractivity contribution >= 4 is 17.6 Å². The van der Waals surface area contributed by atoms with Gasteiger partial charge in [-0.15, -0.1) is 0 Å². The van der Waals surface area contributed by atoms with Crippen LogP contribution in [-0.4, -0.2) is 60.2 Å². The van der Waals surface area contributed by atoms with E-state index in [0.717, 1.165) is 0 Å². The van der Waals surface area contributed by atoms with Crippen LogP contribution in [0.2, 0.25) is 0 Å². The number of ether oxygens (including phenoxy) is 1. The van der Waals surface area contributed by atoms with Gasteiger partial charge in [0.05, 0.1) is 6.54 Å². The maximum atomic E-state index is 11.9. The normalized spacial score (nSPS) is 15.2. The van der Waals surface area contributed by atoms with Crippen LogP contribution in [0.5, 0.6) is 5.75 Å². The van der Waals surface area contributed by atoms with Crippen LogP contribution in [0.1, 0.15) is 24.2 Å². The second-order valence-electron chi connectivity index (χ2n) is 5.11. The number of Topliss-reactive ketones (excluding diaryl/α,β-unsaturated/α-hetero) is 1. The molecule has 1 fully saturated rings. The first kappa shape index (κ1) is 16.0. The van der Waals surface area contributed by atoms with E-state index < -0.39 is 11.8 Å². The Kier molecular flexibility index (Phi) is 5.14. The number of rotatable bonds is 6. The van der Waals surface area contributed by atoms with Gasteiger partial charge in [0.25, 0.3) is 0 Å². The largest absolute Gasteiger partial charge is 0.492 e. The molecule has 6 nitrogen and oxygen atoms in total. The van der Waals surface area contributed by atoms with E-state index in [1.807, 2.05) is 6.92 Å². The monoisotopic (exact) mass is 304 g/mol. The van der Waals surface area contributed by atoms with Gasteiger partial charge >= 0.3 is 11.8 Å². The van der Waals surface area contributed by atoms with Gasteiger partial charge in [-0.2, -0.15) is 0 Å². The van der Waals surface area contributed by atoms with Crippen molar-refractivity contribution in [2.24, 2.45) is 0 Å². The van der Waals surface area contributed by atoms with E-state index in [0.29, 0.717) is 44.1 Å². The summed E-state index contributed by atoms with van der Waals surface area (Å²) < 4.78 is 5.55. The number of likely N-dealkylation sites (N-methyl/N-ethyl adjacent to an activating group) is 1. The van der Waals surface area contributed by atoms with Gasteiger partial charge in [0, 0.05) is 25.2 Å². The topological polar surface area (TPSA) is 66.9 Å². The van der Waals surface area contributed by atoms with Crippen LogP contribution in [0.3, 0.4) is 0 Å². The first-order valence-electron chi connectivity index (χ1n) is 7.35. The van der Waals surface area contributed by atoms with E-state index in [1.54, 1.807) is 29.2 Å². The van der Waals surface area contributed by atoms with Gasteiger partial charge in [-0.25, -0.2) is 0 Å². The molecule has 1 aromatic carbocycles. The number of piperazine rings is 1. The number of carbonyl (C=O) groups excluding carboxylic acids is 3. The number of nitrogens with zero attached hydrogens (tertiary/aromatic N) is 2. The molecule has 0 saturated carbocycles. The standard InChI is InChI=1S/C16H20N2O4/c1-3-17-8-9-18(16(21)15(17)20)10-11-22-14-6-4-13(5-7-14)12(2)19/h4-7H,3,8-11H2,1-2H3. The predicted octanol–water partition coefficient (Wildman–Crippen LogP) is 0.959. The molecule has 0 atom stereocenters. The fourth-order valence-corrected chi connectivity index (χ4v) is 2.29. The molecule has 0 bridgehead atoms. The summed E-state index contributed by atoms with van der Waals surface area (Å²) in [6, 6.07) is 6.84. The Morgan fingerprint density at radius 2 is 1.68 bits per heavy atom. The molecule has 1 saturated heterocycles. The quantitative estimate of drug-likeness (QED) is 0.580. The molecule has 2 amide bonds. The third-order valence-electron chi connectivity index (χ3n) is 3.67. The summed E-state index contributed by atoms with van der Waals surface area (Å²) in [5.41, 5.74) is 0.629. The van der Waals surface area contributed by atoms with Crippen molar-refractivity contribution in [3.05, 3.63) is 29.8 Å². The van der Waals surface area contributed by atoms with Gasteiger partial charge in [0.15, 0.2) is 5.78 Å². The lowest BCUT2D eigenvalue weighted by Crippen LogP contribution is -2.54. The molecule has 2 rings (SSSR count). The Morgan fingerprint density at radius 3 is 2.27 bits per heavy atom. The average molecular weight is 304 g/mol. The van der Waals surface area contributed by atoms with Crippen molar-refractivity contribution in [1.29, 1.82) is 0 Å². The van der Waals surface area contributed by atoms with Crippen molar-refractivity contribution < 1.29 is 19.1 Å². The minimum atomic E-state index is -0.469. The number of benzene rings is 1. The molecule has 0 radical (unpaired) electrons. The molecule has 22 heavy (non-hydrogen) atoms. The lowest BCUT2D eigenvalue weighted by molar-refractivity contribution is -0.156. The molecule has 1 heterocycles. The number of hydrogen-bond donors (Lipinski definition) is 0. The summed E-state index contributed by atoms with van der Waals surface area (Å²) in [5.74, 6) is -0.274. The van der Waals surface area contributed by atoms with Crippen molar-refractivity contribution in [3.8, 4) is 5.75 Å². The molecule has 1 aliphatic rings. The fraction of sp³-hybridized carbons (Fsp3) is 0.438. The van der Waals surface area contributed by atoms with Gasteiger partial charge in [-0.3, -0.25) is 14.4 Å². The van der Waals surface area contributed by atoms with Crippen molar-refractivity contribution in [3.63, 3.8) is 0 Å². The Hall–Kier alpha value is -2.37. The van der Waals surface area contributed by atoms with E-state index in [2.05, 4.69) is 0 Å². The fourth-order valence-electron chi connectivity index (χ4n) is 2.29. The maximum absolute atomic E-state index is 11.9. The summed E-state index contributed by atoms with van der Waals surface area (Å²) in [6.07, 6.45) is 0. The molecule has 0 aromatic heterocycles. The van der Waals surface area contributed by atoms with Crippen LogP contribution in [-0.2, 0) is 9.59 Å². The summed E-state index contributed by atoms with van der Waals surface area (Å²) in [6.45, 7) is 5.70. The number of amides is 2. The van der Waals surface area contributed by atoms with Crippen molar-refractivity contribution in [2.75, 3.05) is 32.8 Å². The Bertz CT molecular complexity index is 568. The second kappa shape index (κ2) is 7.06. The SMILES string of the molecule is CCN1CCN(CCOc2ccc(C(C)=O)cc2)C(=O)C1=O. The average Bonchev–Trinajstić information content (AvgIpc) is 2.52. The smallest absolute Gasteiger partial charge is 0.312 e. The first-order chi connectivity index (χ1) is 10.5. The molecule has 0 unspecified atom stereocenters. The van der Waals surface area contributed by atoms with E-state index in [1.165, 1.54) is 11.8 Å². The lowest BCUT2D eigenvalue weighted by Gasteiger charge is -2.32. The third kappa shape index (κ3) is 3.63. The van der Waals surface area contributed by atoms with E-state index in [-0.39, 0.29) is 5.78 Å². The Balaban J connectivity index is 1.82. The van der Waals surface area contributed by atoms with Crippen LogP contribution in [0.4, 0.5) is 0 Å². The highest BCUT2D eigenvalue weighted by atomic mass is 16.5. The van der Waals surface area contributed by atoms with Crippen LogP contribution < -0.4 is 4.74 Å². The molecule has 0 N–H and O–H groups in total. The first-order valence-corrected chi connectivity index (χ1v) is 7.35. The summed E-state index contributed by atoms with van der Waals surface area (Å²) in [5, 5.41) is 0. The van der Waals surface area contributed by atoms with Crippen LogP contribution >= 0.6 is 0 Å². The van der Waals surface area contributed by atoms with E-state index in [4.69, 9.17) is 4.74 Å². The van der Waals surface area contributed by atoms with Gasteiger partial charge in [0.1, 0.15) is 12.4 Å². The molecule has 1 aromatic rings. The van der Waals surface area contributed by atoms with E-state index in [9.17, 15) is 14.4 Å². The van der Waals surface area contributed by atoms with Crippen molar-refractivity contribution in [1.82, 2.24) is 9.80 Å². The molecule has 0 spiro atoms. The summed E-state index contributed by atoms with van der Waals surface area (Å²) in [7, 11) is 0. The third-order valence-corrected chi connectivity index (χ3v) is 3.67.